The van der Waals surface area contributed by atoms with E-state index >= 15 is 0 Å². The Bertz CT molecular complexity index is 1050. The summed E-state index contributed by atoms with van der Waals surface area (Å²) in [6, 6.07) is 10.7. The lowest BCUT2D eigenvalue weighted by Gasteiger charge is -2.13. The number of amides is 1. The number of aromatic nitrogens is 2. The first-order chi connectivity index (χ1) is 13.8. The number of carbonyl (C=O) groups is 1. The molecule has 3 rings (SSSR count). The van der Waals surface area contributed by atoms with Gasteiger partial charge in [0.1, 0.15) is 11.5 Å². The molecule has 2 aromatic heterocycles. The Labute approximate surface area is 163 Å². The van der Waals surface area contributed by atoms with Crippen molar-refractivity contribution in [2.75, 3.05) is 0 Å². The van der Waals surface area contributed by atoms with E-state index in [1.807, 2.05) is 0 Å². The topological polar surface area (TPSA) is 54.9 Å². The van der Waals surface area contributed by atoms with E-state index in [0.717, 1.165) is 12.1 Å². The number of hydrogen-bond donors (Lipinski definition) is 1. The van der Waals surface area contributed by atoms with Gasteiger partial charge in [0.2, 0.25) is 5.91 Å². The number of nitrogens with one attached hydrogen (secondary N) is 1. The van der Waals surface area contributed by atoms with E-state index in [1.54, 1.807) is 6.07 Å². The lowest BCUT2D eigenvalue weighted by Crippen LogP contribution is -2.20. The van der Waals surface area contributed by atoms with Gasteiger partial charge in [-0.15, -0.1) is 0 Å². The third-order valence-electron chi connectivity index (χ3n) is 4.08. The molecule has 0 bridgehead atoms. The van der Waals surface area contributed by atoms with Crippen LogP contribution in [-0.2, 0) is 17.5 Å². The molecule has 0 saturated carbocycles. The third-order valence-corrected chi connectivity index (χ3v) is 4.08. The Hall–Kier alpha value is -3.55. The molecule has 29 heavy (non-hydrogen) atoms. The van der Waals surface area contributed by atoms with E-state index < -0.39 is 23.6 Å². The van der Waals surface area contributed by atoms with Crippen LogP contribution in [0.3, 0.4) is 0 Å². The SMILES string of the molecule is C=CC(=O)NCc1cnc(-c2ccc(F)cc2)cc1-c1cccc(C(F)(F)F)n1. The summed E-state index contributed by atoms with van der Waals surface area (Å²) in [5, 5.41) is 2.57. The summed E-state index contributed by atoms with van der Waals surface area (Å²) in [5.74, 6) is -0.854. The predicted octanol–water partition coefficient (Wildman–Crippen LogP) is 4.77. The van der Waals surface area contributed by atoms with Crippen LogP contribution in [0.4, 0.5) is 17.6 Å². The Morgan fingerprint density at radius 3 is 2.48 bits per heavy atom. The summed E-state index contributed by atoms with van der Waals surface area (Å²) in [5.41, 5.74) is 0.900. The fourth-order valence-electron chi connectivity index (χ4n) is 2.64. The molecule has 0 saturated heterocycles. The first-order valence-electron chi connectivity index (χ1n) is 8.47. The van der Waals surface area contributed by atoms with Crippen LogP contribution in [0.5, 0.6) is 0 Å². The minimum atomic E-state index is -4.60. The lowest BCUT2D eigenvalue weighted by molar-refractivity contribution is -0.141. The third kappa shape index (κ3) is 4.84. The van der Waals surface area contributed by atoms with Crippen molar-refractivity contribution in [2.24, 2.45) is 0 Å². The first-order valence-corrected chi connectivity index (χ1v) is 8.47. The second-order valence-electron chi connectivity index (χ2n) is 6.06. The van der Waals surface area contributed by atoms with Crippen molar-refractivity contribution in [1.29, 1.82) is 0 Å². The standard InChI is InChI=1S/C21H15F4N3O/c1-2-20(29)27-12-14-11-26-18(13-6-8-15(22)9-7-13)10-16(14)17-4-3-5-19(28-17)21(23,24)25/h2-11H,1,12H2,(H,27,29). The molecule has 4 nitrogen and oxygen atoms in total. The Morgan fingerprint density at radius 2 is 1.83 bits per heavy atom. The zero-order chi connectivity index (χ0) is 21.0. The van der Waals surface area contributed by atoms with Gasteiger partial charge in [-0.05, 0) is 54.1 Å². The molecule has 148 valence electrons. The molecule has 0 aliphatic carbocycles. The van der Waals surface area contributed by atoms with E-state index in [0.29, 0.717) is 22.4 Å². The number of halogens is 4. The van der Waals surface area contributed by atoms with Crippen LogP contribution in [0.1, 0.15) is 11.3 Å². The number of carbonyl (C=O) groups excluding carboxylic acids is 1. The molecule has 0 radical (unpaired) electrons. The molecule has 0 unspecified atom stereocenters. The van der Waals surface area contributed by atoms with E-state index in [4.69, 9.17) is 0 Å². The molecule has 2 heterocycles. The van der Waals surface area contributed by atoms with Gasteiger partial charge in [-0.2, -0.15) is 13.2 Å². The molecule has 1 N–H and O–H groups in total. The number of alkyl halides is 3. The molecule has 3 aromatic rings. The molecular formula is C21H15F4N3O. The maximum atomic E-state index is 13.2. The summed E-state index contributed by atoms with van der Waals surface area (Å²) < 4.78 is 52.5. The quantitative estimate of drug-likeness (QED) is 0.495. The van der Waals surface area contributed by atoms with Gasteiger partial charge in [0, 0.05) is 23.9 Å². The van der Waals surface area contributed by atoms with Gasteiger partial charge in [0.15, 0.2) is 0 Å². The van der Waals surface area contributed by atoms with Crippen molar-refractivity contribution < 1.29 is 22.4 Å². The normalized spacial score (nSPS) is 11.2. The summed E-state index contributed by atoms with van der Waals surface area (Å²) in [4.78, 5) is 19.5. The molecule has 0 aliphatic rings. The van der Waals surface area contributed by atoms with Crippen LogP contribution in [0.2, 0.25) is 0 Å². The van der Waals surface area contributed by atoms with Gasteiger partial charge in [-0.25, -0.2) is 9.37 Å². The zero-order valence-corrected chi connectivity index (χ0v) is 15.0. The monoisotopic (exact) mass is 401 g/mol. The number of benzene rings is 1. The molecule has 0 fully saturated rings. The summed E-state index contributed by atoms with van der Waals surface area (Å²) in [7, 11) is 0. The van der Waals surface area contributed by atoms with E-state index in [9.17, 15) is 22.4 Å². The Kier molecular flexibility index (Phi) is 5.72. The van der Waals surface area contributed by atoms with E-state index in [2.05, 4.69) is 21.9 Å². The van der Waals surface area contributed by atoms with Crippen molar-refractivity contribution in [2.45, 2.75) is 12.7 Å². The van der Waals surface area contributed by atoms with Crippen molar-refractivity contribution in [3.63, 3.8) is 0 Å². The minimum Gasteiger partial charge on any atom is -0.348 e. The van der Waals surface area contributed by atoms with Crippen LogP contribution >= 0.6 is 0 Å². The van der Waals surface area contributed by atoms with Gasteiger partial charge in [0.25, 0.3) is 0 Å². The van der Waals surface area contributed by atoms with Crippen molar-refractivity contribution in [3.8, 4) is 22.5 Å². The highest BCUT2D eigenvalue weighted by Gasteiger charge is 2.32. The van der Waals surface area contributed by atoms with Gasteiger partial charge in [-0.1, -0.05) is 12.6 Å². The number of rotatable bonds is 5. The first kappa shape index (κ1) is 20.2. The van der Waals surface area contributed by atoms with E-state index in [-0.39, 0.29) is 12.2 Å². The molecule has 0 atom stereocenters. The predicted molar refractivity (Wildman–Crippen MR) is 99.9 cm³/mol. The lowest BCUT2D eigenvalue weighted by atomic mass is 10.0. The highest BCUT2D eigenvalue weighted by Crippen LogP contribution is 2.31. The highest BCUT2D eigenvalue weighted by molar-refractivity contribution is 5.87. The largest absolute Gasteiger partial charge is 0.433 e. The van der Waals surface area contributed by atoms with Crippen molar-refractivity contribution in [1.82, 2.24) is 15.3 Å². The van der Waals surface area contributed by atoms with Gasteiger partial charge >= 0.3 is 6.18 Å². The minimum absolute atomic E-state index is 0.0226. The summed E-state index contributed by atoms with van der Waals surface area (Å²) >= 11 is 0. The van der Waals surface area contributed by atoms with Crippen molar-refractivity contribution in [3.05, 3.63) is 84.5 Å². The second-order valence-corrected chi connectivity index (χ2v) is 6.06. The van der Waals surface area contributed by atoms with Crippen LogP contribution < -0.4 is 5.32 Å². The van der Waals surface area contributed by atoms with Crippen LogP contribution in [0, 0.1) is 5.82 Å². The van der Waals surface area contributed by atoms with Crippen molar-refractivity contribution >= 4 is 5.91 Å². The number of nitrogens with zero attached hydrogens (tertiary/aromatic N) is 2. The average molecular weight is 401 g/mol. The fourth-order valence-corrected chi connectivity index (χ4v) is 2.64. The fraction of sp³-hybridized carbons (Fsp3) is 0.0952. The number of pyridine rings is 2. The average Bonchev–Trinajstić information content (AvgIpc) is 2.72. The van der Waals surface area contributed by atoms with Gasteiger partial charge in [-0.3, -0.25) is 9.78 Å². The number of hydrogen-bond acceptors (Lipinski definition) is 3. The van der Waals surface area contributed by atoms with Crippen LogP contribution in [0.15, 0.2) is 67.4 Å². The summed E-state index contributed by atoms with van der Waals surface area (Å²) in [6.45, 7) is 3.38. The van der Waals surface area contributed by atoms with Gasteiger partial charge < -0.3 is 5.32 Å². The molecule has 8 heteroatoms. The molecule has 1 amide bonds. The van der Waals surface area contributed by atoms with Crippen LogP contribution in [-0.4, -0.2) is 15.9 Å². The Balaban J connectivity index is 2.09. The molecular weight excluding hydrogens is 386 g/mol. The second kappa shape index (κ2) is 8.22. The van der Waals surface area contributed by atoms with E-state index in [1.165, 1.54) is 42.6 Å². The smallest absolute Gasteiger partial charge is 0.348 e. The highest BCUT2D eigenvalue weighted by atomic mass is 19.4. The maximum Gasteiger partial charge on any atom is 0.433 e. The molecule has 0 aliphatic heterocycles. The summed E-state index contributed by atoms with van der Waals surface area (Å²) in [6.07, 6.45) is -2.07. The molecule has 1 aromatic carbocycles. The maximum absolute atomic E-state index is 13.2. The zero-order valence-electron chi connectivity index (χ0n) is 15.0. The van der Waals surface area contributed by atoms with Crippen LogP contribution in [0.25, 0.3) is 22.5 Å². The van der Waals surface area contributed by atoms with Gasteiger partial charge in [0.05, 0.1) is 11.4 Å². The Morgan fingerprint density at radius 1 is 1.10 bits per heavy atom. The molecule has 0 spiro atoms.